The number of methoxy groups -OCH3 is 1. The first-order chi connectivity index (χ1) is 15.4. The fraction of sp³-hybridized carbons (Fsp3) is 0.261. The van der Waals surface area contributed by atoms with Crippen LogP contribution in [0.2, 0.25) is 0 Å². The van der Waals surface area contributed by atoms with Crippen molar-refractivity contribution >= 4 is 26.8 Å². The maximum Gasteiger partial charge on any atom is 0.240 e. The van der Waals surface area contributed by atoms with Crippen LogP contribution in [0.4, 0.5) is 0 Å². The second-order valence-electron chi connectivity index (χ2n) is 7.62. The number of benzene rings is 2. The Morgan fingerprint density at radius 3 is 2.81 bits per heavy atom. The Bertz CT molecular complexity index is 1320. The third kappa shape index (κ3) is 4.56. The monoisotopic (exact) mass is 450 g/mol. The van der Waals surface area contributed by atoms with Crippen LogP contribution in [-0.2, 0) is 21.4 Å². The number of carbonyl (C=O) groups excluding carboxylic acids is 1. The highest BCUT2D eigenvalue weighted by Gasteiger charge is 2.32. The molecule has 0 spiro atoms. The van der Waals surface area contributed by atoms with Crippen molar-refractivity contribution < 1.29 is 17.9 Å². The molecule has 1 aliphatic heterocycles. The Morgan fingerprint density at radius 1 is 1.22 bits per heavy atom. The molecule has 9 heteroatoms. The van der Waals surface area contributed by atoms with Gasteiger partial charge in [0.2, 0.25) is 21.8 Å². The van der Waals surface area contributed by atoms with Crippen molar-refractivity contribution in [2.24, 2.45) is 5.92 Å². The normalized spacial score (nSPS) is 16.3. The average molecular weight is 451 g/mol. The van der Waals surface area contributed by atoms with E-state index in [-0.39, 0.29) is 17.3 Å². The number of nitrogens with zero attached hydrogens (tertiary/aromatic N) is 3. The van der Waals surface area contributed by atoms with Crippen molar-refractivity contribution in [3.63, 3.8) is 0 Å². The third-order valence-corrected chi connectivity index (χ3v) is 6.94. The summed E-state index contributed by atoms with van der Waals surface area (Å²) in [5, 5.41) is 9.83. The zero-order valence-electron chi connectivity index (χ0n) is 17.5. The topological polar surface area (TPSA) is 112 Å². The van der Waals surface area contributed by atoms with E-state index in [4.69, 9.17) is 10.00 Å². The van der Waals surface area contributed by atoms with Gasteiger partial charge in [-0.1, -0.05) is 18.2 Å². The first-order valence-corrected chi connectivity index (χ1v) is 11.6. The molecule has 1 aromatic heterocycles. The van der Waals surface area contributed by atoms with Gasteiger partial charge in [-0.15, -0.1) is 0 Å². The number of pyridine rings is 1. The van der Waals surface area contributed by atoms with Crippen LogP contribution < -0.4 is 9.46 Å². The number of likely N-dealkylation sites (tertiary alicyclic amines) is 1. The zero-order chi connectivity index (χ0) is 22.7. The van der Waals surface area contributed by atoms with Gasteiger partial charge in [0.15, 0.2) is 0 Å². The van der Waals surface area contributed by atoms with E-state index in [1.165, 1.54) is 19.2 Å². The van der Waals surface area contributed by atoms with E-state index in [1.807, 2.05) is 12.1 Å². The van der Waals surface area contributed by atoms with E-state index in [2.05, 4.69) is 15.8 Å². The highest BCUT2D eigenvalue weighted by atomic mass is 32.2. The first kappa shape index (κ1) is 21.7. The molecule has 0 bridgehead atoms. The summed E-state index contributed by atoms with van der Waals surface area (Å²) in [4.78, 5) is 18.8. The van der Waals surface area contributed by atoms with E-state index >= 15 is 0 Å². The van der Waals surface area contributed by atoms with Crippen molar-refractivity contribution in [1.29, 1.82) is 5.26 Å². The molecular weight excluding hydrogens is 428 g/mol. The van der Waals surface area contributed by atoms with Gasteiger partial charge in [-0.3, -0.25) is 4.79 Å². The highest BCUT2D eigenvalue weighted by Crippen LogP contribution is 2.23. The fourth-order valence-electron chi connectivity index (χ4n) is 3.76. The number of amides is 1. The van der Waals surface area contributed by atoms with Crippen molar-refractivity contribution in [3.8, 4) is 11.9 Å². The number of hydrogen-bond donors (Lipinski definition) is 1. The zero-order valence-corrected chi connectivity index (χ0v) is 18.3. The van der Waals surface area contributed by atoms with Gasteiger partial charge in [0, 0.05) is 31.1 Å². The van der Waals surface area contributed by atoms with Gasteiger partial charge in [0.25, 0.3) is 0 Å². The average Bonchev–Trinajstić information content (AvgIpc) is 3.16. The summed E-state index contributed by atoms with van der Waals surface area (Å²) in [6, 6.07) is 17.4. The molecule has 8 nitrogen and oxygen atoms in total. The molecule has 1 atom stereocenters. The highest BCUT2D eigenvalue weighted by molar-refractivity contribution is 7.89. The molecule has 1 amide bonds. The Kier molecular flexibility index (Phi) is 6.08. The smallest absolute Gasteiger partial charge is 0.240 e. The summed E-state index contributed by atoms with van der Waals surface area (Å²) in [6.07, 6.45) is 0.565. The Hall–Kier alpha value is -3.48. The van der Waals surface area contributed by atoms with E-state index in [9.17, 15) is 13.2 Å². The molecule has 164 valence electrons. The molecule has 1 N–H and O–H groups in total. The number of ether oxygens (including phenoxy) is 1. The predicted molar refractivity (Wildman–Crippen MR) is 118 cm³/mol. The summed E-state index contributed by atoms with van der Waals surface area (Å²) in [7, 11) is -2.31. The van der Waals surface area contributed by atoms with E-state index in [0.717, 1.165) is 10.9 Å². The van der Waals surface area contributed by atoms with Gasteiger partial charge in [0.05, 0.1) is 35.1 Å². The maximum atomic E-state index is 12.8. The number of rotatable bonds is 7. The SMILES string of the molecule is COc1ccc2ccc(S(=O)(=O)NC[C@@H]3CCN(Cc4cccc(C#N)c4)C3=O)cc2n1. The molecule has 0 radical (unpaired) electrons. The van der Waals surface area contributed by atoms with Crippen LogP contribution in [0.5, 0.6) is 5.88 Å². The lowest BCUT2D eigenvalue weighted by Crippen LogP contribution is -2.34. The number of fused-ring (bicyclic) bond motifs is 1. The minimum atomic E-state index is -3.81. The molecule has 2 heterocycles. The minimum Gasteiger partial charge on any atom is -0.481 e. The number of hydrogen-bond acceptors (Lipinski definition) is 6. The van der Waals surface area contributed by atoms with Crippen molar-refractivity contribution in [3.05, 3.63) is 65.7 Å². The summed E-state index contributed by atoms with van der Waals surface area (Å²) < 4.78 is 33.3. The van der Waals surface area contributed by atoms with Gasteiger partial charge in [-0.25, -0.2) is 18.1 Å². The Morgan fingerprint density at radius 2 is 2.03 bits per heavy atom. The molecule has 2 aromatic carbocycles. The first-order valence-electron chi connectivity index (χ1n) is 10.1. The van der Waals surface area contributed by atoms with Gasteiger partial charge in [0.1, 0.15) is 0 Å². The number of aromatic nitrogens is 1. The van der Waals surface area contributed by atoms with E-state index < -0.39 is 15.9 Å². The van der Waals surface area contributed by atoms with Gasteiger partial charge < -0.3 is 9.64 Å². The lowest BCUT2D eigenvalue weighted by atomic mass is 10.1. The van der Waals surface area contributed by atoms with Gasteiger partial charge >= 0.3 is 0 Å². The molecule has 1 fully saturated rings. The molecular formula is C23H22N4O4S. The van der Waals surface area contributed by atoms with Crippen LogP contribution in [0.25, 0.3) is 10.9 Å². The largest absolute Gasteiger partial charge is 0.481 e. The van der Waals surface area contributed by atoms with E-state index in [1.54, 1.807) is 35.2 Å². The fourth-order valence-corrected chi connectivity index (χ4v) is 4.86. The molecule has 1 aliphatic rings. The van der Waals surface area contributed by atoms with Crippen LogP contribution in [0.15, 0.2) is 59.5 Å². The standard InChI is InChI=1S/C23H22N4O4S/c1-31-22-8-6-18-5-7-20(12-21(18)26-22)32(29,30)25-14-19-9-10-27(23(19)28)15-17-4-2-3-16(11-17)13-24/h2-8,11-12,19,25H,9-10,14-15H2,1H3/t19-/m0/s1. The van der Waals surface area contributed by atoms with Crippen LogP contribution in [0.3, 0.4) is 0 Å². The van der Waals surface area contributed by atoms with Crippen LogP contribution in [-0.4, -0.2) is 44.4 Å². The predicted octanol–water partition coefficient (Wildman–Crippen LogP) is 2.44. The van der Waals surface area contributed by atoms with Crippen molar-refractivity contribution in [1.82, 2.24) is 14.6 Å². The quantitative estimate of drug-likeness (QED) is 0.592. The van der Waals surface area contributed by atoms with Gasteiger partial charge in [-0.05, 0) is 42.3 Å². The number of nitrogens with one attached hydrogen (secondary N) is 1. The van der Waals surface area contributed by atoms with E-state index in [0.29, 0.717) is 36.5 Å². The number of carbonyl (C=O) groups is 1. The third-order valence-electron chi connectivity index (χ3n) is 5.52. The van der Waals surface area contributed by atoms with Crippen LogP contribution in [0, 0.1) is 17.2 Å². The lowest BCUT2D eigenvalue weighted by molar-refractivity contribution is -0.131. The Balaban J connectivity index is 1.42. The number of nitriles is 1. The second-order valence-corrected chi connectivity index (χ2v) is 9.38. The summed E-state index contributed by atoms with van der Waals surface area (Å²) >= 11 is 0. The summed E-state index contributed by atoms with van der Waals surface area (Å²) in [5.74, 6) is -0.125. The molecule has 4 rings (SSSR count). The van der Waals surface area contributed by atoms with Crippen molar-refractivity contribution in [2.45, 2.75) is 17.9 Å². The minimum absolute atomic E-state index is 0.0273. The summed E-state index contributed by atoms with van der Waals surface area (Å²) in [6.45, 7) is 0.969. The van der Waals surface area contributed by atoms with Crippen LogP contribution in [0.1, 0.15) is 17.5 Å². The lowest BCUT2D eigenvalue weighted by Gasteiger charge is -2.17. The van der Waals surface area contributed by atoms with Crippen molar-refractivity contribution in [2.75, 3.05) is 20.2 Å². The molecule has 0 aliphatic carbocycles. The molecule has 32 heavy (non-hydrogen) atoms. The molecule has 3 aromatic rings. The molecule has 0 unspecified atom stereocenters. The maximum absolute atomic E-state index is 12.8. The molecule has 1 saturated heterocycles. The molecule has 0 saturated carbocycles. The Labute approximate surface area is 186 Å². The summed E-state index contributed by atoms with van der Waals surface area (Å²) in [5.41, 5.74) is 1.92. The van der Waals surface area contributed by atoms with Gasteiger partial charge in [-0.2, -0.15) is 5.26 Å². The van der Waals surface area contributed by atoms with Crippen LogP contribution >= 0.6 is 0 Å². The second kappa shape index (κ2) is 8.94. The number of sulfonamides is 1.